The summed E-state index contributed by atoms with van der Waals surface area (Å²) in [5, 5.41) is 3.69. The number of nitrogens with zero attached hydrogens (tertiary/aromatic N) is 2. The van der Waals surface area contributed by atoms with Gasteiger partial charge in [-0.25, -0.2) is 0 Å². The van der Waals surface area contributed by atoms with E-state index in [0.29, 0.717) is 29.0 Å². The minimum absolute atomic E-state index is 0.0500. The molecule has 1 fully saturated rings. The fraction of sp³-hybridized carbons (Fsp3) is 0.400. The third-order valence-corrected chi connectivity index (χ3v) is 4.59. The van der Waals surface area contributed by atoms with Crippen molar-refractivity contribution in [1.29, 1.82) is 0 Å². The summed E-state index contributed by atoms with van der Waals surface area (Å²) in [5.41, 5.74) is 0.666. The smallest absolute Gasteiger partial charge is 0.242 e. The number of nitrogens with one attached hydrogen (secondary N) is 1. The molecular weight excluding hydrogens is 322 g/mol. The molecule has 22 heavy (non-hydrogen) atoms. The van der Waals surface area contributed by atoms with Crippen molar-refractivity contribution < 1.29 is 9.59 Å². The van der Waals surface area contributed by atoms with Crippen LogP contribution in [0.4, 0.5) is 5.69 Å². The third kappa shape index (κ3) is 4.01. The van der Waals surface area contributed by atoms with E-state index in [-0.39, 0.29) is 18.2 Å². The Kier molecular flexibility index (Phi) is 5.85. The Labute approximate surface area is 139 Å². The molecule has 1 aliphatic rings. The van der Waals surface area contributed by atoms with Gasteiger partial charge in [-0.05, 0) is 38.1 Å². The highest BCUT2D eigenvalue weighted by Crippen LogP contribution is 2.29. The lowest BCUT2D eigenvalue weighted by molar-refractivity contribution is -0.128. The Balaban J connectivity index is 1.98. The third-order valence-electron chi connectivity index (χ3n) is 3.13. The Morgan fingerprint density at radius 2 is 2.05 bits per heavy atom. The van der Waals surface area contributed by atoms with Crippen LogP contribution < -0.4 is 5.32 Å². The first-order chi connectivity index (χ1) is 10.5. The lowest BCUT2D eigenvalue weighted by Crippen LogP contribution is -2.33. The van der Waals surface area contributed by atoms with Crippen LogP contribution in [0.5, 0.6) is 0 Å². The number of hydrogen-bond acceptors (Lipinski definition) is 4. The number of amidine groups is 1. The number of aliphatic imine (C=N–C) groups is 1. The zero-order chi connectivity index (χ0) is 16.1. The van der Waals surface area contributed by atoms with Crippen LogP contribution >= 0.6 is 23.4 Å². The number of carbonyl (C=O) groups excluding carboxylic acids is 2. The number of anilines is 1. The van der Waals surface area contributed by atoms with E-state index in [1.165, 1.54) is 11.8 Å². The molecule has 0 radical (unpaired) electrons. The summed E-state index contributed by atoms with van der Waals surface area (Å²) >= 11 is 7.16. The molecule has 0 unspecified atom stereocenters. The maximum absolute atomic E-state index is 12.3. The van der Waals surface area contributed by atoms with E-state index < -0.39 is 5.25 Å². The van der Waals surface area contributed by atoms with Gasteiger partial charge in [0.05, 0.1) is 0 Å². The molecule has 2 amide bonds. The van der Waals surface area contributed by atoms with Crippen LogP contribution in [0.1, 0.15) is 20.3 Å². The largest absolute Gasteiger partial charge is 0.326 e. The molecule has 2 rings (SSSR count). The second kappa shape index (κ2) is 7.65. The lowest BCUT2D eigenvalue weighted by atomic mass is 10.2. The average Bonchev–Trinajstić information content (AvgIpc) is 2.77. The zero-order valence-electron chi connectivity index (χ0n) is 12.5. The summed E-state index contributed by atoms with van der Waals surface area (Å²) in [7, 11) is 0. The maximum atomic E-state index is 12.3. The van der Waals surface area contributed by atoms with Crippen molar-refractivity contribution in [2.24, 2.45) is 4.99 Å². The molecule has 0 bridgehead atoms. The molecule has 5 nitrogen and oxygen atoms in total. The predicted octanol–water partition coefficient (Wildman–Crippen LogP) is 3.01. The van der Waals surface area contributed by atoms with Crippen LogP contribution in [0.15, 0.2) is 29.3 Å². The van der Waals surface area contributed by atoms with Gasteiger partial charge in [-0.1, -0.05) is 23.4 Å². The van der Waals surface area contributed by atoms with Gasteiger partial charge in [-0.15, -0.1) is 0 Å². The molecule has 1 heterocycles. The molecule has 1 aromatic rings. The van der Waals surface area contributed by atoms with E-state index in [1.807, 2.05) is 13.8 Å². The van der Waals surface area contributed by atoms with Crippen LogP contribution in [0.25, 0.3) is 0 Å². The summed E-state index contributed by atoms with van der Waals surface area (Å²) in [6, 6.07) is 6.87. The second-order valence-corrected chi connectivity index (χ2v) is 6.31. The quantitative estimate of drug-likeness (QED) is 0.897. The molecule has 7 heteroatoms. The van der Waals surface area contributed by atoms with E-state index in [1.54, 1.807) is 29.2 Å². The molecule has 1 aliphatic heterocycles. The summed E-state index contributed by atoms with van der Waals surface area (Å²) in [4.78, 5) is 30.3. The molecule has 118 valence electrons. The van der Waals surface area contributed by atoms with Gasteiger partial charge >= 0.3 is 0 Å². The van der Waals surface area contributed by atoms with E-state index in [2.05, 4.69) is 10.3 Å². The van der Waals surface area contributed by atoms with Crippen molar-refractivity contribution in [3.63, 3.8) is 0 Å². The first-order valence-corrected chi connectivity index (χ1v) is 8.38. The minimum atomic E-state index is -0.405. The number of hydrogen-bond donors (Lipinski definition) is 1. The predicted molar refractivity (Wildman–Crippen MR) is 91.4 cm³/mol. The van der Waals surface area contributed by atoms with E-state index >= 15 is 0 Å². The molecule has 0 saturated carbocycles. The van der Waals surface area contributed by atoms with Gasteiger partial charge in [0.2, 0.25) is 11.8 Å². The SMILES string of the molecule is CCN=C1S[C@H](CC(=O)Nc2ccc(Cl)cc2)C(=O)N1CC. The Morgan fingerprint density at radius 1 is 1.36 bits per heavy atom. The summed E-state index contributed by atoms with van der Waals surface area (Å²) in [6.07, 6.45) is 0.130. The van der Waals surface area contributed by atoms with Gasteiger partial charge in [-0.2, -0.15) is 0 Å². The molecule has 1 saturated heterocycles. The van der Waals surface area contributed by atoms with Crippen molar-refractivity contribution in [2.75, 3.05) is 18.4 Å². The highest BCUT2D eigenvalue weighted by molar-refractivity contribution is 8.15. The monoisotopic (exact) mass is 339 g/mol. The normalized spacial score (nSPS) is 19.8. The lowest BCUT2D eigenvalue weighted by Gasteiger charge is -2.13. The van der Waals surface area contributed by atoms with Gasteiger partial charge in [0.25, 0.3) is 0 Å². The first-order valence-electron chi connectivity index (χ1n) is 7.13. The Hall–Kier alpha value is -1.53. The zero-order valence-corrected chi connectivity index (χ0v) is 14.1. The summed E-state index contributed by atoms with van der Waals surface area (Å²) < 4.78 is 0. The number of benzene rings is 1. The minimum Gasteiger partial charge on any atom is -0.326 e. The molecular formula is C15H18ClN3O2S. The van der Waals surface area contributed by atoms with Crippen molar-refractivity contribution in [2.45, 2.75) is 25.5 Å². The topological polar surface area (TPSA) is 61.8 Å². The average molecular weight is 340 g/mol. The van der Waals surface area contributed by atoms with Gasteiger partial charge in [0.1, 0.15) is 5.25 Å². The number of carbonyl (C=O) groups is 2. The molecule has 0 aliphatic carbocycles. The molecule has 0 spiro atoms. The summed E-state index contributed by atoms with van der Waals surface area (Å²) in [6.45, 7) is 5.02. The molecule has 1 N–H and O–H groups in total. The molecule has 0 aromatic heterocycles. The van der Waals surface area contributed by atoms with Gasteiger partial charge in [-0.3, -0.25) is 19.5 Å². The fourth-order valence-electron chi connectivity index (χ4n) is 2.10. The number of halogens is 1. The van der Waals surface area contributed by atoms with Gasteiger partial charge < -0.3 is 5.32 Å². The van der Waals surface area contributed by atoms with Crippen molar-refractivity contribution >= 4 is 46.0 Å². The molecule has 1 atom stereocenters. The number of amides is 2. The number of rotatable bonds is 5. The second-order valence-electron chi connectivity index (χ2n) is 4.71. The van der Waals surface area contributed by atoms with Crippen molar-refractivity contribution in [1.82, 2.24) is 4.90 Å². The summed E-state index contributed by atoms with van der Waals surface area (Å²) in [5.74, 6) is -0.243. The Morgan fingerprint density at radius 3 is 2.64 bits per heavy atom. The highest BCUT2D eigenvalue weighted by Gasteiger charge is 2.37. The van der Waals surface area contributed by atoms with Crippen molar-refractivity contribution in [3.05, 3.63) is 29.3 Å². The standard InChI is InChI=1S/C15H18ClN3O2S/c1-3-17-15-19(4-2)14(21)12(22-15)9-13(20)18-11-7-5-10(16)6-8-11/h5-8,12H,3-4,9H2,1-2H3,(H,18,20)/t12-/m1/s1. The van der Waals surface area contributed by atoms with Crippen LogP contribution in [0, 0.1) is 0 Å². The van der Waals surface area contributed by atoms with Gasteiger partial charge in [0.15, 0.2) is 5.17 Å². The van der Waals surface area contributed by atoms with Gasteiger partial charge in [0, 0.05) is 30.2 Å². The van der Waals surface area contributed by atoms with Crippen LogP contribution in [-0.2, 0) is 9.59 Å². The fourth-order valence-corrected chi connectivity index (χ4v) is 3.49. The Bertz CT molecular complexity index is 589. The number of thioether (sulfide) groups is 1. The van der Waals surface area contributed by atoms with Crippen LogP contribution in [0.2, 0.25) is 5.02 Å². The van der Waals surface area contributed by atoms with Crippen LogP contribution in [0.3, 0.4) is 0 Å². The van der Waals surface area contributed by atoms with Crippen LogP contribution in [-0.4, -0.2) is 40.2 Å². The maximum Gasteiger partial charge on any atom is 0.242 e. The van der Waals surface area contributed by atoms with Crippen molar-refractivity contribution in [3.8, 4) is 0 Å². The van der Waals surface area contributed by atoms with E-state index in [4.69, 9.17) is 11.6 Å². The first kappa shape index (κ1) is 16.8. The molecule has 1 aromatic carbocycles. The van der Waals surface area contributed by atoms with E-state index in [0.717, 1.165) is 0 Å². The van der Waals surface area contributed by atoms with E-state index in [9.17, 15) is 9.59 Å². The highest BCUT2D eigenvalue weighted by atomic mass is 35.5.